The number of hydrogen-bond acceptors (Lipinski definition) is 4. The topological polar surface area (TPSA) is 58.6 Å². The van der Waals surface area contributed by atoms with Crippen LogP contribution in [0.1, 0.15) is 39.0 Å². The summed E-state index contributed by atoms with van der Waals surface area (Å²) >= 11 is 0. The summed E-state index contributed by atoms with van der Waals surface area (Å²) in [4.78, 5) is 24.7. The minimum Gasteiger partial charge on any atom is -0.469 e. The fraction of sp³-hybridized carbons (Fsp3) is 0.857. The van der Waals surface area contributed by atoms with E-state index in [0.717, 1.165) is 18.8 Å². The summed E-state index contributed by atoms with van der Waals surface area (Å²) in [5.41, 5.74) is 0. The number of carbonyl (C=O) groups is 2. The molecule has 1 fully saturated rings. The van der Waals surface area contributed by atoms with Gasteiger partial charge in [0.15, 0.2) is 0 Å². The van der Waals surface area contributed by atoms with Gasteiger partial charge in [0.25, 0.3) is 0 Å². The van der Waals surface area contributed by atoms with Crippen molar-refractivity contribution in [3.05, 3.63) is 0 Å². The zero-order valence-corrected chi connectivity index (χ0v) is 12.3. The van der Waals surface area contributed by atoms with E-state index in [1.807, 2.05) is 11.9 Å². The van der Waals surface area contributed by atoms with Gasteiger partial charge >= 0.3 is 5.97 Å². The first kappa shape index (κ1) is 16.0. The fourth-order valence-corrected chi connectivity index (χ4v) is 2.39. The molecule has 110 valence electrons. The molecular weight excluding hydrogens is 244 g/mol. The van der Waals surface area contributed by atoms with Gasteiger partial charge in [0, 0.05) is 12.6 Å². The van der Waals surface area contributed by atoms with Crippen LogP contribution in [0.25, 0.3) is 0 Å². The van der Waals surface area contributed by atoms with Crippen molar-refractivity contribution in [2.45, 2.75) is 45.1 Å². The SMILES string of the molecule is COC(=O)CCN(C)CC(=O)NC1CCC(C)CC1. The Hall–Kier alpha value is -1.10. The second-order valence-corrected chi connectivity index (χ2v) is 5.59. The van der Waals surface area contributed by atoms with Crippen molar-refractivity contribution < 1.29 is 14.3 Å². The van der Waals surface area contributed by atoms with Crippen LogP contribution in [0.15, 0.2) is 0 Å². The molecule has 5 heteroatoms. The Labute approximate surface area is 115 Å². The molecule has 0 bridgehead atoms. The van der Waals surface area contributed by atoms with Crippen molar-refractivity contribution in [3.8, 4) is 0 Å². The van der Waals surface area contributed by atoms with Gasteiger partial charge in [-0.05, 0) is 38.6 Å². The highest BCUT2D eigenvalue weighted by Gasteiger charge is 2.20. The number of esters is 1. The molecule has 1 amide bonds. The number of nitrogens with one attached hydrogen (secondary N) is 1. The van der Waals surface area contributed by atoms with Crippen molar-refractivity contribution in [2.75, 3.05) is 27.2 Å². The molecule has 0 heterocycles. The van der Waals surface area contributed by atoms with Crippen LogP contribution in [-0.4, -0.2) is 50.1 Å². The van der Waals surface area contributed by atoms with E-state index >= 15 is 0 Å². The van der Waals surface area contributed by atoms with Crippen molar-refractivity contribution in [2.24, 2.45) is 5.92 Å². The summed E-state index contributed by atoms with van der Waals surface area (Å²) in [5, 5.41) is 3.08. The first-order valence-corrected chi connectivity index (χ1v) is 7.06. The average Bonchev–Trinajstić information content (AvgIpc) is 2.38. The fourth-order valence-electron chi connectivity index (χ4n) is 2.39. The molecule has 0 aromatic heterocycles. The Kier molecular flexibility index (Phi) is 6.84. The third-order valence-corrected chi connectivity index (χ3v) is 3.72. The molecule has 1 aliphatic rings. The number of nitrogens with zero attached hydrogens (tertiary/aromatic N) is 1. The predicted octanol–water partition coefficient (Wildman–Crippen LogP) is 1.18. The Morgan fingerprint density at radius 1 is 1.26 bits per heavy atom. The number of rotatable bonds is 6. The Balaban J connectivity index is 2.17. The largest absolute Gasteiger partial charge is 0.469 e. The van der Waals surface area contributed by atoms with Gasteiger partial charge in [0.2, 0.25) is 5.91 Å². The molecule has 1 rings (SSSR count). The maximum absolute atomic E-state index is 11.8. The predicted molar refractivity (Wildman–Crippen MR) is 73.7 cm³/mol. The van der Waals surface area contributed by atoms with Gasteiger partial charge in [-0.1, -0.05) is 6.92 Å². The Morgan fingerprint density at radius 3 is 2.47 bits per heavy atom. The first-order valence-electron chi connectivity index (χ1n) is 7.06. The third kappa shape index (κ3) is 6.57. The zero-order chi connectivity index (χ0) is 14.3. The number of carbonyl (C=O) groups excluding carboxylic acids is 2. The van der Waals surface area contributed by atoms with Crippen LogP contribution >= 0.6 is 0 Å². The molecule has 0 aliphatic heterocycles. The van der Waals surface area contributed by atoms with Crippen molar-refractivity contribution in [3.63, 3.8) is 0 Å². The number of amides is 1. The van der Waals surface area contributed by atoms with Gasteiger partial charge in [0.05, 0.1) is 20.1 Å². The normalized spacial score (nSPS) is 23.2. The van der Waals surface area contributed by atoms with Gasteiger partial charge in [-0.3, -0.25) is 14.5 Å². The molecule has 0 aromatic carbocycles. The molecule has 1 aliphatic carbocycles. The van der Waals surface area contributed by atoms with Gasteiger partial charge in [0.1, 0.15) is 0 Å². The van der Waals surface area contributed by atoms with Crippen LogP contribution in [0.4, 0.5) is 0 Å². The van der Waals surface area contributed by atoms with Crippen molar-refractivity contribution >= 4 is 11.9 Å². The summed E-state index contributed by atoms with van der Waals surface area (Å²) in [6, 6.07) is 0.331. The molecule has 1 saturated carbocycles. The number of hydrogen-bond donors (Lipinski definition) is 1. The zero-order valence-electron chi connectivity index (χ0n) is 12.3. The molecular formula is C14H26N2O3. The van der Waals surface area contributed by atoms with Crippen LogP contribution in [0, 0.1) is 5.92 Å². The van der Waals surface area contributed by atoms with Crippen molar-refractivity contribution in [1.82, 2.24) is 10.2 Å². The Morgan fingerprint density at radius 2 is 1.89 bits per heavy atom. The van der Waals surface area contributed by atoms with Crippen LogP contribution in [0.3, 0.4) is 0 Å². The number of ether oxygens (including phenoxy) is 1. The monoisotopic (exact) mass is 270 g/mol. The second kappa shape index (κ2) is 8.15. The summed E-state index contributed by atoms with van der Waals surface area (Å²) < 4.78 is 4.57. The van der Waals surface area contributed by atoms with E-state index in [0.29, 0.717) is 25.6 Å². The summed E-state index contributed by atoms with van der Waals surface area (Å²) in [6.45, 7) is 3.14. The lowest BCUT2D eigenvalue weighted by Crippen LogP contribution is -2.42. The first-order chi connectivity index (χ1) is 9.01. The van der Waals surface area contributed by atoms with Gasteiger partial charge in [-0.25, -0.2) is 0 Å². The highest BCUT2D eigenvalue weighted by Crippen LogP contribution is 2.23. The van der Waals surface area contributed by atoms with E-state index in [1.54, 1.807) is 0 Å². The van der Waals surface area contributed by atoms with E-state index < -0.39 is 0 Å². The van der Waals surface area contributed by atoms with Crippen LogP contribution < -0.4 is 5.32 Å². The quantitative estimate of drug-likeness (QED) is 0.736. The summed E-state index contributed by atoms with van der Waals surface area (Å²) in [5.74, 6) is 0.594. The minimum atomic E-state index is -0.242. The highest BCUT2D eigenvalue weighted by atomic mass is 16.5. The maximum Gasteiger partial charge on any atom is 0.306 e. The molecule has 0 spiro atoms. The number of methoxy groups -OCH3 is 1. The maximum atomic E-state index is 11.8. The van der Waals surface area contributed by atoms with E-state index in [1.165, 1.54) is 20.0 Å². The second-order valence-electron chi connectivity index (χ2n) is 5.59. The lowest BCUT2D eigenvalue weighted by atomic mass is 9.87. The van der Waals surface area contributed by atoms with Gasteiger partial charge < -0.3 is 10.1 Å². The molecule has 0 atom stereocenters. The number of likely N-dealkylation sites (N-methyl/N-ethyl adjacent to an activating group) is 1. The standard InChI is InChI=1S/C14H26N2O3/c1-11-4-6-12(7-5-11)15-13(17)10-16(2)9-8-14(18)19-3/h11-12H,4-10H2,1-3H3,(H,15,17). The average molecular weight is 270 g/mol. The van der Waals surface area contributed by atoms with Gasteiger partial charge in [-0.2, -0.15) is 0 Å². The highest BCUT2D eigenvalue weighted by molar-refractivity contribution is 5.78. The molecule has 0 saturated heterocycles. The van der Waals surface area contributed by atoms with Gasteiger partial charge in [-0.15, -0.1) is 0 Å². The summed E-state index contributed by atoms with van der Waals surface area (Å²) in [6.07, 6.45) is 4.88. The van der Waals surface area contributed by atoms with E-state index in [9.17, 15) is 9.59 Å². The molecule has 5 nitrogen and oxygen atoms in total. The lowest BCUT2D eigenvalue weighted by molar-refractivity contribution is -0.141. The van der Waals surface area contributed by atoms with Crippen LogP contribution in [-0.2, 0) is 14.3 Å². The molecule has 1 N–H and O–H groups in total. The van der Waals surface area contributed by atoms with Crippen molar-refractivity contribution in [1.29, 1.82) is 0 Å². The molecule has 0 aromatic rings. The third-order valence-electron chi connectivity index (χ3n) is 3.72. The Bertz CT molecular complexity index is 299. The van der Waals surface area contributed by atoms with E-state index in [4.69, 9.17) is 0 Å². The van der Waals surface area contributed by atoms with Crippen LogP contribution in [0.5, 0.6) is 0 Å². The van der Waals surface area contributed by atoms with Crippen LogP contribution in [0.2, 0.25) is 0 Å². The smallest absolute Gasteiger partial charge is 0.306 e. The van der Waals surface area contributed by atoms with E-state index in [-0.39, 0.29) is 11.9 Å². The van der Waals surface area contributed by atoms with E-state index in [2.05, 4.69) is 17.0 Å². The molecule has 19 heavy (non-hydrogen) atoms. The molecule has 0 radical (unpaired) electrons. The summed E-state index contributed by atoms with van der Waals surface area (Å²) in [7, 11) is 3.21. The lowest BCUT2D eigenvalue weighted by Gasteiger charge is -2.27. The molecule has 0 unspecified atom stereocenters. The minimum absolute atomic E-state index is 0.0481.